The zero-order chi connectivity index (χ0) is 19.1. The third-order valence-electron chi connectivity index (χ3n) is 5.23. The van der Waals surface area contributed by atoms with Gasteiger partial charge in [-0.15, -0.1) is 0 Å². The standard InChI is InChI=1S/C19H14N4O4/c20-10-12-8-14(23(26)27)9-17-15-5-2-6-16(15)18(21-19(12)17)11-3-1-4-13(7-11)22(24)25/h1-5,7-9,15-16,18,21H,6H2/t15-,16+,18+/m1/s1. The molecular weight excluding hydrogens is 348 g/mol. The number of hydrogen-bond acceptors (Lipinski definition) is 6. The fraction of sp³-hybridized carbons (Fsp3) is 0.211. The van der Waals surface area contributed by atoms with Gasteiger partial charge >= 0.3 is 0 Å². The summed E-state index contributed by atoms with van der Waals surface area (Å²) in [4.78, 5) is 21.4. The van der Waals surface area contributed by atoms with Crippen LogP contribution in [0.25, 0.3) is 0 Å². The Balaban J connectivity index is 1.85. The fourth-order valence-electron chi connectivity index (χ4n) is 4.04. The Labute approximate surface area is 154 Å². The molecule has 0 radical (unpaired) electrons. The lowest BCUT2D eigenvalue weighted by atomic mass is 9.76. The summed E-state index contributed by atoms with van der Waals surface area (Å²) in [6.45, 7) is 0. The van der Waals surface area contributed by atoms with E-state index in [2.05, 4.69) is 5.32 Å². The smallest absolute Gasteiger partial charge is 0.271 e. The SMILES string of the molecule is N#Cc1cc([N+](=O)[O-])cc2c1N[C@@H](c1cccc([N+](=O)[O-])c1)[C@H]1CC=C[C@@H]21. The third-order valence-corrected chi connectivity index (χ3v) is 5.23. The Kier molecular flexibility index (Phi) is 3.85. The first-order valence-corrected chi connectivity index (χ1v) is 8.39. The van der Waals surface area contributed by atoms with Gasteiger partial charge in [0, 0.05) is 30.2 Å². The lowest BCUT2D eigenvalue weighted by Gasteiger charge is -2.37. The van der Waals surface area contributed by atoms with Crippen LogP contribution in [0.3, 0.4) is 0 Å². The molecule has 1 heterocycles. The van der Waals surface area contributed by atoms with Gasteiger partial charge in [-0.3, -0.25) is 20.2 Å². The fourth-order valence-corrected chi connectivity index (χ4v) is 4.04. The molecular formula is C19H14N4O4. The van der Waals surface area contributed by atoms with Crippen LogP contribution in [0.15, 0.2) is 48.6 Å². The summed E-state index contributed by atoms with van der Waals surface area (Å²) in [7, 11) is 0. The predicted octanol–water partition coefficient (Wildman–Crippen LogP) is 4.20. The average molecular weight is 362 g/mol. The maximum atomic E-state index is 11.2. The first kappa shape index (κ1) is 16.7. The lowest BCUT2D eigenvalue weighted by molar-refractivity contribution is -0.385. The van der Waals surface area contributed by atoms with Crippen LogP contribution in [0.1, 0.15) is 35.1 Å². The van der Waals surface area contributed by atoms with Gasteiger partial charge in [0.1, 0.15) is 6.07 Å². The average Bonchev–Trinajstić information content (AvgIpc) is 3.16. The summed E-state index contributed by atoms with van der Waals surface area (Å²) >= 11 is 0. The van der Waals surface area contributed by atoms with Gasteiger partial charge in [0.25, 0.3) is 11.4 Å². The molecule has 0 aromatic heterocycles. The Morgan fingerprint density at radius 3 is 2.59 bits per heavy atom. The second-order valence-corrected chi connectivity index (χ2v) is 6.65. The van der Waals surface area contributed by atoms with E-state index >= 15 is 0 Å². The summed E-state index contributed by atoms with van der Waals surface area (Å²) < 4.78 is 0. The Bertz CT molecular complexity index is 1040. The highest BCUT2D eigenvalue weighted by Gasteiger charge is 2.40. The van der Waals surface area contributed by atoms with Crippen LogP contribution in [0.4, 0.5) is 17.1 Å². The molecule has 0 fully saturated rings. The topological polar surface area (TPSA) is 122 Å². The normalized spacial score (nSPS) is 22.3. The minimum atomic E-state index is -0.499. The van der Waals surface area contributed by atoms with E-state index in [1.54, 1.807) is 6.07 Å². The number of nitrogens with one attached hydrogen (secondary N) is 1. The number of nitriles is 1. The molecule has 0 bridgehead atoms. The molecule has 8 nitrogen and oxygen atoms in total. The van der Waals surface area contributed by atoms with Crippen molar-refractivity contribution in [2.45, 2.75) is 18.4 Å². The van der Waals surface area contributed by atoms with E-state index in [0.717, 1.165) is 17.5 Å². The minimum Gasteiger partial charge on any atom is -0.377 e. The molecule has 1 aliphatic carbocycles. The molecule has 134 valence electrons. The maximum Gasteiger partial charge on any atom is 0.271 e. The van der Waals surface area contributed by atoms with Gasteiger partial charge in [-0.05, 0) is 23.5 Å². The number of non-ortho nitro benzene ring substituents is 2. The highest BCUT2D eigenvalue weighted by molar-refractivity contribution is 5.71. The van der Waals surface area contributed by atoms with E-state index in [9.17, 15) is 25.5 Å². The van der Waals surface area contributed by atoms with E-state index in [4.69, 9.17) is 0 Å². The zero-order valence-electron chi connectivity index (χ0n) is 14.0. The summed E-state index contributed by atoms with van der Waals surface area (Å²) in [5, 5.41) is 35.2. The predicted molar refractivity (Wildman–Crippen MR) is 97.3 cm³/mol. The summed E-state index contributed by atoms with van der Waals surface area (Å²) in [5.41, 5.74) is 2.14. The number of nitro benzene ring substituents is 2. The van der Waals surface area contributed by atoms with Gasteiger partial charge in [0.2, 0.25) is 0 Å². The molecule has 1 N–H and O–H groups in total. The van der Waals surface area contributed by atoms with Crippen molar-refractivity contribution in [1.82, 2.24) is 0 Å². The van der Waals surface area contributed by atoms with Gasteiger partial charge in [-0.2, -0.15) is 5.26 Å². The van der Waals surface area contributed by atoms with Crippen molar-refractivity contribution < 1.29 is 9.85 Å². The Hall–Kier alpha value is -3.73. The quantitative estimate of drug-likeness (QED) is 0.496. The number of hydrogen-bond donors (Lipinski definition) is 1. The molecule has 1 aliphatic heterocycles. The molecule has 3 atom stereocenters. The summed E-state index contributed by atoms with van der Waals surface area (Å²) in [5.74, 6) is -0.0226. The molecule has 0 amide bonds. The maximum absolute atomic E-state index is 11.2. The monoisotopic (exact) mass is 362 g/mol. The van der Waals surface area contributed by atoms with Crippen LogP contribution in [0.2, 0.25) is 0 Å². The van der Waals surface area contributed by atoms with E-state index in [-0.39, 0.29) is 34.8 Å². The summed E-state index contributed by atoms with van der Waals surface area (Å²) in [6.07, 6.45) is 4.76. The molecule has 2 aromatic rings. The molecule has 0 saturated heterocycles. The highest BCUT2D eigenvalue weighted by atomic mass is 16.6. The Morgan fingerprint density at radius 2 is 1.89 bits per heavy atom. The van der Waals surface area contributed by atoms with Gasteiger partial charge in [-0.1, -0.05) is 24.3 Å². The molecule has 8 heteroatoms. The van der Waals surface area contributed by atoms with Crippen molar-refractivity contribution in [1.29, 1.82) is 5.26 Å². The van der Waals surface area contributed by atoms with Crippen molar-refractivity contribution in [3.8, 4) is 6.07 Å². The number of allylic oxidation sites excluding steroid dienone is 2. The molecule has 27 heavy (non-hydrogen) atoms. The van der Waals surface area contributed by atoms with Crippen LogP contribution >= 0.6 is 0 Å². The first-order chi connectivity index (χ1) is 13.0. The number of anilines is 1. The van der Waals surface area contributed by atoms with Crippen LogP contribution in [0, 0.1) is 37.5 Å². The highest BCUT2D eigenvalue weighted by Crippen LogP contribution is 2.51. The number of rotatable bonds is 3. The zero-order valence-corrected chi connectivity index (χ0v) is 14.0. The third kappa shape index (κ3) is 2.69. The summed E-state index contributed by atoms with van der Waals surface area (Å²) in [6, 6.07) is 11.0. The van der Waals surface area contributed by atoms with Gasteiger partial charge in [-0.25, -0.2) is 0 Å². The minimum absolute atomic E-state index is 0.00630. The van der Waals surface area contributed by atoms with Gasteiger partial charge < -0.3 is 5.32 Å². The van der Waals surface area contributed by atoms with Gasteiger partial charge in [0.05, 0.1) is 27.1 Å². The number of nitrogens with zero attached hydrogens (tertiary/aromatic N) is 3. The molecule has 2 aliphatic rings. The van der Waals surface area contributed by atoms with E-state index in [1.807, 2.05) is 24.3 Å². The van der Waals surface area contributed by atoms with Gasteiger partial charge in [0.15, 0.2) is 0 Å². The molecule has 0 saturated carbocycles. The first-order valence-electron chi connectivity index (χ1n) is 8.39. The van der Waals surface area contributed by atoms with Crippen molar-refractivity contribution in [3.05, 3.63) is 85.5 Å². The van der Waals surface area contributed by atoms with E-state index < -0.39 is 9.85 Å². The molecule has 0 spiro atoms. The van der Waals surface area contributed by atoms with E-state index in [1.165, 1.54) is 24.3 Å². The van der Waals surface area contributed by atoms with Crippen molar-refractivity contribution in [2.24, 2.45) is 5.92 Å². The van der Waals surface area contributed by atoms with E-state index in [0.29, 0.717) is 5.69 Å². The molecule has 2 aromatic carbocycles. The number of fused-ring (bicyclic) bond motifs is 3. The van der Waals surface area contributed by atoms with Crippen LogP contribution in [-0.2, 0) is 0 Å². The van der Waals surface area contributed by atoms with Crippen molar-refractivity contribution in [2.75, 3.05) is 5.32 Å². The van der Waals surface area contributed by atoms with Crippen LogP contribution in [-0.4, -0.2) is 9.85 Å². The Morgan fingerprint density at radius 1 is 1.11 bits per heavy atom. The van der Waals surface area contributed by atoms with Crippen molar-refractivity contribution >= 4 is 17.1 Å². The number of benzene rings is 2. The largest absolute Gasteiger partial charge is 0.377 e. The molecule has 4 rings (SSSR count). The van der Waals surface area contributed by atoms with Crippen LogP contribution in [0.5, 0.6) is 0 Å². The molecule has 0 unspecified atom stereocenters. The second kappa shape index (κ2) is 6.21. The second-order valence-electron chi connectivity index (χ2n) is 6.65. The van der Waals surface area contributed by atoms with Crippen molar-refractivity contribution in [3.63, 3.8) is 0 Å². The number of nitro groups is 2. The van der Waals surface area contributed by atoms with Crippen LogP contribution < -0.4 is 5.32 Å². The lowest BCUT2D eigenvalue weighted by Crippen LogP contribution is -2.29.